The average Bonchev–Trinajstić information content (AvgIpc) is 2.84. The number of hydrogen-bond acceptors (Lipinski definition) is 6. The molecule has 0 aliphatic heterocycles. The van der Waals surface area contributed by atoms with Crippen LogP contribution in [0.2, 0.25) is 0 Å². The molecule has 2 aromatic heterocycles. The first kappa shape index (κ1) is 17.0. The van der Waals surface area contributed by atoms with Crippen LogP contribution < -0.4 is 5.32 Å². The summed E-state index contributed by atoms with van der Waals surface area (Å²) in [7, 11) is 1.83. The van der Waals surface area contributed by atoms with Crippen LogP contribution in [0.4, 0.5) is 10.6 Å². The fourth-order valence-corrected chi connectivity index (χ4v) is 2.12. The predicted molar refractivity (Wildman–Crippen MR) is 88.3 cm³/mol. The Bertz CT molecular complexity index is 676. The molecule has 2 heterocycles. The number of likely N-dealkylation sites (N-methyl/N-ethyl adjacent to an activating group) is 1. The number of nitrogens with zero attached hydrogens (tertiary/aromatic N) is 5. The average molecular weight is 320 g/mol. The standard InChI is InChI=1S/C15H24N6O2/c1-6-21(14(22)23-15(2,3)4)8-7-16-12-11-9-19-20(5)13(11)18-10-17-12/h9-10H,6-8H2,1-5H3,(H,16,17,18). The number of aryl methyl sites for hydroxylation is 1. The lowest BCUT2D eigenvalue weighted by Gasteiger charge is -2.26. The molecule has 0 fully saturated rings. The van der Waals surface area contributed by atoms with Gasteiger partial charge in [-0.25, -0.2) is 14.8 Å². The molecule has 1 N–H and O–H groups in total. The van der Waals surface area contributed by atoms with E-state index in [0.29, 0.717) is 25.5 Å². The van der Waals surface area contributed by atoms with Crippen LogP contribution in [0.25, 0.3) is 11.0 Å². The summed E-state index contributed by atoms with van der Waals surface area (Å²) in [5.41, 5.74) is 0.272. The van der Waals surface area contributed by atoms with Crippen molar-refractivity contribution >= 4 is 22.9 Å². The molecule has 126 valence electrons. The summed E-state index contributed by atoms with van der Waals surface area (Å²) >= 11 is 0. The topological polar surface area (TPSA) is 85.2 Å². The fraction of sp³-hybridized carbons (Fsp3) is 0.600. The van der Waals surface area contributed by atoms with Crippen molar-refractivity contribution in [2.75, 3.05) is 25.0 Å². The zero-order chi connectivity index (χ0) is 17.0. The molecule has 8 heteroatoms. The van der Waals surface area contributed by atoms with Gasteiger partial charge in [0.15, 0.2) is 5.65 Å². The molecule has 0 atom stereocenters. The fourth-order valence-electron chi connectivity index (χ4n) is 2.12. The number of fused-ring (bicyclic) bond motifs is 1. The van der Waals surface area contributed by atoms with Gasteiger partial charge < -0.3 is 15.0 Å². The van der Waals surface area contributed by atoms with Crippen molar-refractivity contribution in [2.45, 2.75) is 33.3 Å². The molecule has 1 amide bonds. The van der Waals surface area contributed by atoms with Gasteiger partial charge >= 0.3 is 6.09 Å². The van der Waals surface area contributed by atoms with Crippen molar-refractivity contribution in [2.24, 2.45) is 7.05 Å². The summed E-state index contributed by atoms with van der Waals surface area (Å²) in [6.07, 6.45) is 2.91. The Morgan fingerprint density at radius 2 is 2.13 bits per heavy atom. The number of amides is 1. The van der Waals surface area contributed by atoms with E-state index >= 15 is 0 Å². The van der Waals surface area contributed by atoms with Crippen molar-refractivity contribution in [3.8, 4) is 0 Å². The van der Waals surface area contributed by atoms with Gasteiger partial charge in [-0.2, -0.15) is 5.10 Å². The minimum Gasteiger partial charge on any atom is -0.444 e. The van der Waals surface area contributed by atoms with Crippen LogP contribution in [0.15, 0.2) is 12.5 Å². The Kier molecular flexibility index (Phi) is 5.02. The number of carbonyl (C=O) groups is 1. The first-order valence-electron chi connectivity index (χ1n) is 7.66. The number of rotatable bonds is 5. The summed E-state index contributed by atoms with van der Waals surface area (Å²) in [4.78, 5) is 22.2. The van der Waals surface area contributed by atoms with Crippen LogP contribution in [-0.2, 0) is 11.8 Å². The van der Waals surface area contributed by atoms with Crippen LogP contribution in [0.1, 0.15) is 27.7 Å². The molecule has 0 aliphatic carbocycles. The van der Waals surface area contributed by atoms with Gasteiger partial charge in [0, 0.05) is 26.7 Å². The first-order chi connectivity index (χ1) is 10.8. The Hall–Kier alpha value is -2.38. The van der Waals surface area contributed by atoms with E-state index in [0.717, 1.165) is 11.0 Å². The maximum Gasteiger partial charge on any atom is 0.410 e. The van der Waals surface area contributed by atoms with Gasteiger partial charge in [-0.15, -0.1) is 0 Å². The zero-order valence-electron chi connectivity index (χ0n) is 14.3. The van der Waals surface area contributed by atoms with Crippen LogP contribution in [0, 0.1) is 0 Å². The summed E-state index contributed by atoms with van der Waals surface area (Å²) in [5.74, 6) is 0.711. The summed E-state index contributed by atoms with van der Waals surface area (Å²) < 4.78 is 7.08. The molecule has 0 aromatic carbocycles. The highest BCUT2D eigenvalue weighted by molar-refractivity contribution is 5.85. The van der Waals surface area contributed by atoms with Gasteiger partial charge in [-0.05, 0) is 27.7 Å². The lowest BCUT2D eigenvalue weighted by Crippen LogP contribution is -2.39. The smallest absolute Gasteiger partial charge is 0.410 e. The first-order valence-corrected chi connectivity index (χ1v) is 7.66. The van der Waals surface area contributed by atoms with E-state index in [-0.39, 0.29) is 6.09 Å². The maximum absolute atomic E-state index is 12.1. The molecule has 23 heavy (non-hydrogen) atoms. The van der Waals surface area contributed by atoms with Crippen LogP contribution >= 0.6 is 0 Å². The molecule has 0 bridgehead atoms. The van der Waals surface area contributed by atoms with E-state index in [1.54, 1.807) is 15.8 Å². The third kappa shape index (κ3) is 4.30. The number of nitrogens with one attached hydrogen (secondary N) is 1. The number of hydrogen-bond donors (Lipinski definition) is 1. The van der Waals surface area contributed by atoms with E-state index < -0.39 is 5.60 Å². The highest BCUT2D eigenvalue weighted by atomic mass is 16.6. The second-order valence-electron chi connectivity index (χ2n) is 6.21. The second-order valence-corrected chi connectivity index (χ2v) is 6.21. The maximum atomic E-state index is 12.1. The quantitative estimate of drug-likeness (QED) is 0.907. The monoisotopic (exact) mass is 320 g/mol. The Morgan fingerprint density at radius 3 is 2.78 bits per heavy atom. The van der Waals surface area contributed by atoms with Gasteiger partial charge in [0.1, 0.15) is 17.7 Å². The molecular weight excluding hydrogens is 296 g/mol. The lowest BCUT2D eigenvalue weighted by molar-refractivity contribution is 0.0267. The SMILES string of the molecule is CCN(CCNc1ncnc2c1cnn2C)C(=O)OC(C)(C)C. The van der Waals surface area contributed by atoms with Gasteiger partial charge in [-0.3, -0.25) is 4.68 Å². The molecule has 0 spiro atoms. The van der Waals surface area contributed by atoms with Crippen LogP contribution in [0.5, 0.6) is 0 Å². The third-order valence-electron chi connectivity index (χ3n) is 3.24. The second kappa shape index (κ2) is 6.80. The molecule has 2 rings (SSSR count). The minimum atomic E-state index is -0.494. The Labute approximate surface area is 135 Å². The highest BCUT2D eigenvalue weighted by Crippen LogP contribution is 2.17. The van der Waals surface area contributed by atoms with E-state index in [1.165, 1.54) is 6.33 Å². The summed E-state index contributed by atoms with van der Waals surface area (Å²) in [6, 6.07) is 0. The zero-order valence-corrected chi connectivity index (χ0v) is 14.3. The van der Waals surface area contributed by atoms with Crippen LogP contribution in [0.3, 0.4) is 0 Å². The lowest BCUT2D eigenvalue weighted by atomic mass is 10.2. The molecule has 0 unspecified atom stereocenters. The van der Waals surface area contributed by atoms with Crippen molar-refractivity contribution in [3.63, 3.8) is 0 Å². The number of aromatic nitrogens is 4. The summed E-state index contributed by atoms with van der Waals surface area (Å²) in [6.45, 7) is 9.17. The van der Waals surface area contributed by atoms with Crippen molar-refractivity contribution in [1.82, 2.24) is 24.6 Å². The van der Waals surface area contributed by atoms with E-state index in [9.17, 15) is 4.79 Å². The predicted octanol–water partition coefficient (Wildman–Crippen LogP) is 2.03. The molecule has 2 aromatic rings. The minimum absolute atomic E-state index is 0.309. The normalized spacial score (nSPS) is 11.5. The third-order valence-corrected chi connectivity index (χ3v) is 3.24. The van der Waals surface area contributed by atoms with Crippen molar-refractivity contribution in [3.05, 3.63) is 12.5 Å². The van der Waals surface area contributed by atoms with Gasteiger partial charge in [0.25, 0.3) is 0 Å². The molecule has 8 nitrogen and oxygen atoms in total. The number of carbonyl (C=O) groups excluding carboxylic acids is 1. The van der Waals surface area contributed by atoms with E-state index in [1.807, 2.05) is 34.7 Å². The van der Waals surface area contributed by atoms with E-state index in [2.05, 4.69) is 20.4 Å². The number of anilines is 1. The molecule has 0 radical (unpaired) electrons. The van der Waals surface area contributed by atoms with E-state index in [4.69, 9.17) is 4.74 Å². The Morgan fingerprint density at radius 1 is 1.39 bits per heavy atom. The molecule has 0 saturated heterocycles. The molecule has 0 saturated carbocycles. The van der Waals surface area contributed by atoms with Crippen molar-refractivity contribution < 1.29 is 9.53 Å². The highest BCUT2D eigenvalue weighted by Gasteiger charge is 2.20. The van der Waals surface area contributed by atoms with Gasteiger partial charge in [-0.1, -0.05) is 0 Å². The van der Waals surface area contributed by atoms with Crippen molar-refractivity contribution in [1.29, 1.82) is 0 Å². The van der Waals surface area contributed by atoms with Gasteiger partial charge in [0.05, 0.1) is 11.6 Å². The Balaban J connectivity index is 1.96. The van der Waals surface area contributed by atoms with Crippen LogP contribution in [-0.4, -0.2) is 56.0 Å². The summed E-state index contributed by atoms with van der Waals surface area (Å²) in [5, 5.41) is 8.26. The molecular formula is C15H24N6O2. The number of ether oxygens (including phenoxy) is 1. The largest absolute Gasteiger partial charge is 0.444 e. The van der Waals surface area contributed by atoms with Gasteiger partial charge in [0.2, 0.25) is 0 Å². The molecule has 0 aliphatic rings.